The van der Waals surface area contributed by atoms with E-state index < -0.39 is 7.29 Å². The van der Waals surface area contributed by atoms with Crippen molar-refractivity contribution in [2.45, 2.75) is 6.92 Å². The van der Waals surface area contributed by atoms with Gasteiger partial charge in [0.15, 0.2) is 0 Å². The monoisotopic (exact) mass is 345 g/mol. The summed E-state index contributed by atoms with van der Waals surface area (Å²) < 4.78 is 18.1. The average Bonchev–Trinajstić information content (AvgIpc) is 2.68. The van der Waals surface area contributed by atoms with Crippen molar-refractivity contribution in [2.75, 3.05) is 0 Å². The molecule has 0 amide bonds. The maximum atomic E-state index is 13.6. The highest BCUT2D eigenvalue weighted by Gasteiger charge is 2.25. The summed E-state index contributed by atoms with van der Waals surface area (Å²) in [6.45, 7) is 2.06. The summed E-state index contributed by atoms with van der Waals surface area (Å²) in [5, 5.41) is 1.47. The molecule has 0 atom stereocenters. The van der Waals surface area contributed by atoms with Crippen molar-refractivity contribution in [2.24, 2.45) is 4.76 Å². The Hall–Kier alpha value is -2.70. The highest BCUT2D eigenvalue weighted by atomic mass is 31.2. The summed E-state index contributed by atoms with van der Waals surface area (Å²) in [5.74, 6) is 0. The quantitative estimate of drug-likeness (QED) is 0.472. The van der Waals surface area contributed by atoms with Crippen LogP contribution in [0.3, 0.4) is 0 Å². The highest BCUT2D eigenvalue weighted by molar-refractivity contribution is 7.77. The van der Waals surface area contributed by atoms with Gasteiger partial charge in [-0.05, 0) is 42.8 Å². The predicted octanol–water partition coefficient (Wildman–Crippen LogP) is 5.01. The molecule has 0 fully saturated rings. The Morgan fingerprint density at radius 2 is 1.28 bits per heavy atom. The second-order valence-corrected chi connectivity index (χ2v) is 8.20. The Morgan fingerprint density at radius 1 is 0.760 bits per heavy atom. The maximum Gasteiger partial charge on any atom is 0.247 e. The molecule has 0 spiro atoms. The Kier molecular flexibility index (Phi) is 5.42. The number of hydrogen-bond acceptors (Lipinski definition) is 1. The third kappa shape index (κ3) is 4.23. The van der Waals surface area contributed by atoms with Crippen molar-refractivity contribution >= 4 is 30.2 Å². The largest absolute Gasteiger partial charge is 0.288 e. The van der Waals surface area contributed by atoms with Crippen molar-refractivity contribution in [1.82, 2.24) is 0 Å². The van der Waals surface area contributed by atoms with Crippen molar-refractivity contribution in [3.63, 3.8) is 0 Å². The number of rotatable bonds is 5. The molecular weight excluding hydrogens is 325 g/mol. The van der Waals surface area contributed by atoms with E-state index in [0.717, 1.165) is 16.2 Å². The summed E-state index contributed by atoms with van der Waals surface area (Å²) in [6, 6.07) is 27.1. The minimum atomic E-state index is -3.03. The Balaban J connectivity index is 1.91. The lowest BCUT2D eigenvalue weighted by Crippen LogP contribution is -2.14. The zero-order valence-corrected chi connectivity index (χ0v) is 15.0. The number of allylic oxidation sites excluding steroid dienone is 1. The fourth-order valence-corrected chi connectivity index (χ4v) is 4.49. The molecule has 124 valence electrons. The Bertz CT molecular complexity index is 870. The van der Waals surface area contributed by atoms with Gasteiger partial charge in [-0.3, -0.25) is 4.57 Å². The van der Waals surface area contributed by atoms with Crippen molar-refractivity contribution in [3.05, 3.63) is 102 Å². The topological polar surface area (TPSA) is 29.4 Å². The molecule has 3 heteroatoms. The van der Waals surface area contributed by atoms with Crippen LogP contribution in [0.5, 0.6) is 0 Å². The van der Waals surface area contributed by atoms with Gasteiger partial charge in [0.1, 0.15) is 0 Å². The molecule has 0 aliphatic heterocycles. The molecule has 0 heterocycles. The molecule has 2 nitrogen and oxygen atoms in total. The van der Waals surface area contributed by atoms with E-state index in [0.29, 0.717) is 0 Å². The molecule has 0 saturated heterocycles. The molecule has 0 bridgehead atoms. The van der Waals surface area contributed by atoms with Gasteiger partial charge in [-0.1, -0.05) is 72.3 Å². The molecule has 0 N–H and O–H groups in total. The van der Waals surface area contributed by atoms with Crippen LogP contribution < -0.4 is 10.6 Å². The Morgan fingerprint density at radius 3 is 1.80 bits per heavy atom. The predicted molar refractivity (Wildman–Crippen MR) is 108 cm³/mol. The first-order chi connectivity index (χ1) is 12.2. The molecule has 0 aliphatic rings. The number of aryl methyl sites for hydroxylation is 1. The van der Waals surface area contributed by atoms with Gasteiger partial charge in [-0.15, -0.1) is 0 Å². The fraction of sp³-hybridized carbons (Fsp3) is 0.0455. The fourth-order valence-electron chi connectivity index (χ4n) is 2.51. The Labute approximate surface area is 149 Å². The molecule has 0 aromatic heterocycles. The first kappa shape index (κ1) is 17.1. The second-order valence-electron chi connectivity index (χ2n) is 5.78. The van der Waals surface area contributed by atoms with Crippen LogP contribution in [0.1, 0.15) is 11.1 Å². The molecular formula is C22H20NOP. The van der Waals surface area contributed by atoms with Gasteiger partial charge in [-0.2, -0.15) is 0 Å². The van der Waals surface area contributed by atoms with Crippen molar-refractivity contribution in [3.8, 4) is 0 Å². The SMILES string of the molecule is Cc1ccc(/C=C/C=N/P(=O)(c2ccccc2)c2ccccc2)cc1. The van der Waals surface area contributed by atoms with E-state index in [9.17, 15) is 4.57 Å². The van der Waals surface area contributed by atoms with E-state index in [2.05, 4.69) is 23.8 Å². The third-order valence-electron chi connectivity index (χ3n) is 3.89. The van der Waals surface area contributed by atoms with E-state index in [1.54, 1.807) is 6.21 Å². The molecule has 0 aliphatic carbocycles. The summed E-state index contributed by atoms with van der Waals surface area (Å²) in [6.07, 6.45) is 5.44. The first-order valence-corrected chi connectivity index (χ1v) is 9.85. The smallest absolute Gasteiger partial charge is 0.247 e. The van der Waals surface area contributed by atoms with E-state index in [-0.39, 0.29) is 0 Å². The van der Waals surface area contributed by atoms with Crippen molar-refractivity contribution in [1.29, 1.82) is 0 Å². The van der Waals surface area contributed by atoms with Gasteiger partial charge in [0, 0.05) is 16.8 Å². The normalized spacial score (nSPS) is 12.0. The van der Waals surface area contributed by atoms with Gasteiger partial charge in [0.25, 0.3) is 0 Å². The molecule has 0 saturated carbocycles. The van der Waals surface area contributed by atoms with Gasteiger partial charge in [-0.25, -0.2) is 4.76 Å². The van der Waals surface area contributed by atoms with Crippen LogP contribution in [-0.4, -0.2) is 6.21 Å². The van der Waals surface area contributed by atoms with Crippen LogP contribution in [-0.2, 0) is 4.57 Å². The van der Waals surface area contributed by atoms with Gasteiger partial charge in [0.2, 0.25) is 7.29 Å². The lowest BCUT2D eigenvalue weighted by atomic mass is 10.1. The minimum Gasteiger partial charge on any atom is -0.288 e. The summed E-state index contributed by atoms with van der Waals surface area (Å²) >= 11 is 0. The van der Waals surface area contributed by atoms with E-state index in [1.165, 1.54) is 5.56 Å². The molecule has 3 aromatic rings. The molecule has 0 unspecified atom stereocenters. The van der Waals surface area contributed by atoms with Crippen LogP contribution in [0.25, 0.3) is 6.08 Å². The maximum absolute atomic E-state index is 13.6. The number of nitrogens with zero attached hydrogens (tertiary/aromatic N) is 1. The van der Waals surface area contributed by atoms with Gasteiger partial charge >= 0.3 is 0 Å². The van der Waals surface area contributed by atoms with E-state index in [4.69, 9.17) is 0 Å². The third-order valence-corrected chi connectivity index (χ3v) is 6.35. The second kappa shape index (κ2) is 7.92. The summed E-state index contributed by atoms with van der Waals surface area (Å²) in [7, 11) is -3.03. The van der Waals surface area contributed by atoms with Crippen LogP contribution in [0.15, 0.2) is 95.8 Å². The number of hydrogen-bond donors (Lipinski definition) is 0. The zero-order chi connectivity index (χ0) is 17.5. The summed E-state index contributed by atoms with van der Waals surface area (Å²) in [4.78, 5) is 0. The number of benzene rings is 3. The molecule has 3 rings (SSSR count). The minimum absolute atomic E-state index is 0.737. The van der Waals surface area contributed by atoms with Gasteiger partial charge in [0.05, 0.1) is 0 Å². The molecule has 25 heavy (non-hydrogen) atoms. The molecule has 0 radical (unpaired) electrons. The summed E-state index contributed by atoms with van der Waals surface area (Å²) in [5.41, 5.74) is 2.31. The van der Waals surface area contributed by atoms with Crippen LogP contribution >= 0.6 is 7.29 Å². The van der Waals surface area contributed by atoms with Crippen LogP contribution in [0, 0.1) is 6.92 Å². The molecule has 3 aromatic carbocycles. The van der Waals surface area contributed by atoms with Crippen LogP contribution in [0.2, 0.25) is 0 Å². The zero-order valence-electron chi connectivity index (χ0n) is 14.1. The average molecular weight is 345 g/mol. The van der Waals surface area contributed by atoms with Gasteiger partial charge < -0.3 is 0 Å². The van der Waals surface area contributed by atoms with Crippen LogP contribution in [0.4, 0.5) is 0 Å². The highest BCUT2D eigenvalue weighted by Crippen LogP contribution is 2.44. The standard InChI is InChI=1S/C22H20NOP/c1-19-14-16-20(17-15-19)9-8-18-23-25(24,21-10-4-2-5-11-21)22-12-6-3-7-13-22/h2-18H,1H3/b9-8+,23-18+. The van der Waals surface area contributed by atoms with Crippen molar-refractivity contribution < 1.29 is 4.57 Å². The lowest BCUT2D eigenvalue weighted by molar-refractivity contribution is 0.588. The van der Waals surface area contributed by atoms with E-state index in [1.807, 2.05) is 84.9 Å². The van der Waals surface area contributed by atoms with E-state index >= 15 is 0 Å². The first-order valence-electron chi connectivity index (χ1n) is 8.19. The lowest BCUT2D eigenvalue weighted by Gasteiger charge is -2.13.